The topological polar surface area (TPSA) is 121 Å². The number of ether oxygens (including phenoxy) is 3. The van der Waals surface area contributed by atoms with Gasteiger partial charge in [-0.2, -0.15) is 0 Å². The molecule has 1 amide bonds. The molecule has 0 saturated carbocycles. The Morgan fingerprint density at radius 2 is 1.69 bits per heavy atom. The maximum absolute atomic E-state index is 11.9. The largest absolute Gasteiger partial charge is 0.508 e. The van der Waals surface area contributed by atoms with Gasteiger partial charge in [0.1, 0.15) is 12.4 Å². The second-order valence-electron chi connectivity index (χ2n) is 12.2. The fraction of sp³-hybridized carbons (Fsp3) is 0.308. The van der Waals surface area contributed by atoms with Crippen LogP contribution in [0.25, 0.3) is 11.1 Å². The van der Waals surface area contributed by atoms with Crippen molar-refractivity contribution in [2.24, 2.45) is 5.92 Å². The number of carbonyl (C=O) groups is 1. The van der Waals surface area contributed by atoms with Crippen molar-refractivity contribution < 1.29 is 34.3 Å². The van der Waals surface area contributed by atoms with Crippen LogP contribution < -0.4 is 5.32 Å². The van der Waals surface area contributed by atoms with Crippen molar-refractivity contribution in [2.45, 2.75) is 44.7 Å². The number of amides is 1. The van der Waals surface area contributed by atoms with E-state index < -0.39 is 18.5 Å². The Kier molecular flexibility index (Phi) is 12.0. The molecule has 4 aromatic carbocycles. The summed E-state index contributed by atoms with van der Waals surface area (Å²) in [6, 6.07) is 30.5. The number of phenols is 1. The average Bonchev–Trinajstić information content (AvgIpc) is 3.11. The molecule has 0 bridgehead atoms. The van der Waals surface area contributed by atoms with Crippen LogP contribution >= 0.6 is 0 Å². The zero-order chi connectivity index (χ0) is 34.0. The van der Waals surface area contributed by atoms with Crippen molar-refractivity contribution in [1.82, 2.24) is 10.2 Å². The van der Waals surface area contributed by atoms with Gasteiger partial charge in [0.2, 0.25) is 0 Å². The number of nitrogens with zero attached hydrogens (tertiary/aromatic N) is 1. The van der Waals surface area contributed by atoms with Gasteiger partial charge in [-0.15, -0.1) is 0 Å². The number of hydrogen-bond acceptors (Lipinski definition) is 8. The molecule has 5 unspecified atom stereocenters. The number of phenolic OH excluding ortho intramolecular Hbond substituents is 1. The molecular weight excluding hydrogens is 608 g/mol. The van der Waals surface area contributed by atoms with E-state index in [-0.39, 0.29) is 37.1 Å². The summed E-state index contributed by atoms with van der Waals surface area (Å²) in [6.45, 7) is 6.98. The van der Waals surface area contributed by atoms with Crippen LogP contribution in [-0.2, 0) is 27.4 Å². The standard InChI is InChI=1S/C39H44N2O7/c1-4-18-46-39(45)40-22-28-8-5-9-30(19-28)31-10-6-12-33(20-31)38-47-36(24-41(3)23-35(44)32-11-7-13-34(43)21-32)26(2)37(48-38)29-16-14-27(25-42)15-17-29/h4-17,19-21,26,35-38,42-44H,1,18,22-25H2,2-3H3,(H,40,45). The fourth-order valence-corrected chi connectivity index (χ4v) is 5.93. The lowest BCUT2D eigenvalue weighted by atomic mass is 9.89. The fourth-order valence-electron chi connectivity index (χ4n) is 5.93. The summed E-state index contributed by atoms with van der Waals surface area (Å²) in [7, 11) is 1.94. The summed E-state index contributed by atoms with van der Waals surface area (Å²) in [6.07, 6.45) is -0.959. The van der Waals surface area contributed by atoms with E-state index in [1.165, 1.54) is 6.08 Å². The second-order valence-corrected chi connectivity index (χ2v) is 12.2. The normalized spacial score (nSPS) is 19.9. The van der Waals surface area contributed by atoms with Crippen LogP contribution in [0.15, 0.2) is 110 Å². The number of nitrogens with one attached hydrogen (secondary N) is 1. The Hall–Kier alpha value is -4.51. The van der Waals surface area contributed by atoms with Gasteiger partial charge >= 0.3 is 6.09 Å². The smallest absolute Gasteiger partial charge is 0.407 e. The third kappa shape index (κ3) is 9.09. The maximum Gasteiger partial charge on any atom is 0.407 e. The van der Waals surface area contributed by atoms with Crippen molar-refractivity contribution in [2.75, 3.05) is 26.7 Å². The van der Waals surface area contributed by atoms with Crippen LogP contribution in [0.4, 0.5) is 4.79 Å². The number of rotatable bonds is 13. The molecule has 1 saturated heterocycles. The predicted molar refractivity (Wildman–Crippen MR) is 184 cm³/mol. The highest BCUT2D eigenvalue weighted by atomic mass is 16.7. The summed E-state index contributed by atoms with van der Waals surface area (Å²) >= 11 is 0. The number of likely N-dealkylation sites (N-methyl/N-ethyl adjacent to an activating group) is 1. The van der Waals surface area contributed by atoms with Crippen LogP contribution in [0.5, 0.6) is 5.75 Å². The highest BCUT2D eigenvalue weighted by Crippen LogP contribution is 2.42. The molecule has 252 valence electrons. The summed E-state index contributed by atoms with van der Waals surface area (Å²) in [5.74, 6) is 0.0789. The minimum Gasteiger partial charge on any atom is -0.508 e. The minimum absolute atomic E-state index is 0.0351. The van der Waals surface area contributed by atoms with Crippen molar-refractivity contribution in [3.05, 3.63) is 138 Å². The number of aliphatic hydroxyl groups excluding tert-OH is 2. The van der Waals surface area contributed by atoms with Gasteiger partial charge in [-0.25, -0.2) is 4.79 Å². The van der Waals surface area contributed by atoms with E-state index in [0.29, 0.717) is 25.2 Å². The Bertz CT molecular complexity index is 1660. The van der Waals surface area contributed by atoms with E-state index >= 15 is 0 Å². The lowest BCUT2D eigenvalue weighted by Crippen LogP contribution is -2.44. The number of carbonyl (C=O) groups excluding carboxylic acids is 1. The van der Waals surface area contributed by atoms with Gasteiger partial charge in [0.05, 0.1) is 24.9 Å². The van der Waals surface area contributed by atoms with Gasteiger partial charge in [0.25, 0.3) is 0 Å². The first-order valence-electron chi connectivity index (χ1n) is 16.1. The molecule has 1 heterocycles. The van der Waals surface area contributed by atoms with E-state index in [2.05, 4.69) is 24.9 Å². The minimum atomic E-state index is -0.782. The number of alkyl carbamates (subject to hydrolysis) is 1. The molecule has 1 aliphatic rings. The van der Waals surface area contributed by atoms with Crippen molar-refractivity contribution >= 4 is 6.09 Å². The molecule has 9 nitrogen and oxygen atoms in total. The highest BCUT2D eigenvalue weighted by molar-refractivity contribution is 5.68. The van der Waals surface area contributed by atoms with E-state index in [0.717, 1.165) is 33.4 Å². The summed E-state index contributed by atoms with van der Waals surface area (Å²) in [4.78, 5) is 13.9. The van der Waals surface area contributed by atoms with Gasteiger partial charge in [-0.1, -0.05) is 92.4 Å². The zero-order valence-corrected chi connectivity index (χ0v) is 27.4. The molecule has 0 aliphatic carbocycles. The first-order valence-corrected chi connectivity index (χ1v) is 16.1. The summed E-state index contributed by atoms with van der Waals surface area (Å²) in [5, 5.41) is 33.1. The molecule has 1 aliphatic heterocycles. The monoisotopic (exact) mass is 652 g/mol. The van der Waals surface area contributed by atoms with Crippen LogP contribution in [0.1, 0.15) is 53.2 Å². The van der Waals surface area contributed by atoms with Crippen molar-refractivity contribution in [1.29, 1.82) is 0 Å². The SMILES string of the molecule is C=CCOC(=O)NCc1cccc(-c2cccc(C3OC(CN(C)CC(O)c4cccc(O)c4)C(C)C(c4ccc(CO)cc4)O3)c2)c1. The van der Waals surface area contributed by atoms with Gasteiger partial charge in [0.15, 0.2) is 6.29 Å². The number of benzene rings is 4. The van der Waals surface area contributed by atoms with E-state index in [9.17, 15) is 20.1 Å². The van der Waals surface area contributed by atoms with Gasteiger partial charge in [0, 0.05) is 31.1 Å². The zero-order valence-electron chi connectivity index (χ0n) is 27.4. The van der Waals surface area contributed by atoms with Crippen molar-refractivity contribution in [3.8, 4) is 16.9 Å². The van der Waals surface area contributed by atoms with Gasteiger partial charge in [-0.3, -0.25) is 0 Å². The van der Waals surface area contributed by atoms with Gasteiger partial charge in [-0.05, 0) is 64.7 Å². The third-order valence-electron chi connectivity index (χ3n) is 8.54. The molecule has 1 fully saturated rings. The molecule has 0 spiro atoms. The lowest BCUT2D eigenvalue weighted by molar-refractivity contribution is -0.276. The van der Waals surface area contributed by atoms with E-state index in [1.807, 2.05) is 78.7 Å². The molecule has 9 heteroatoms. The molecule has 5 atom stereocenters. The molecule has 0 aromatic heterocycles. The van der Waals surface area contributed by atoms with E-state index in [4.69, 9.17) is 14.2 Å². The number of hydrogen-bond donors (Lipinski definition) is 4. The maximum atomic E-state index is 11.9. The quantitative estimate of drug-likeness (QED) is 0.122. The first-order chi connectivity index (χ1) is 23.2. The van der Waals surface area contributed by atoms with Crippen LogP contribution in [0.2, 0.25) is 0 Å². The number of aromatic hydroxyl groups is 1. The molecule has 48 heavy (non-hydrogen) atoms. The highest BCUT2D eigenvalue weighted by Gasteiger charge is 2.39. The molecular formula is C39H44N2O7. The third-order valence-corrected chi connectivity index (χ3v) is 8.54. The molecule has 5 rings (SSSR count). The average molecular weight is 653 g/mol. The molecule has 0 radical (unpaired) electrons. The first kappa shape index (κ1) is 34.8. The summed E-state index contributed by atoms with van der Waals surface area (Å²) < 4.78 is 18.4. The van der Waals surface area contributed by atoms with Crippen LogP contribution in [0.3, 0.4) is 0 Å². The Labute approximate surface area is 282 Å². The van der Waals surface area contributed by atoms with Gasteiger partial charge < -0.3 is 39.7 Å². The Morgan fingerprint density at radius 3 is 2.42 bits per heavy atom. The molecule has 4 aromatic rings. The lowest BCUT2D eigenvalue weighted by Gasteiger charge is -2.42. The Balaban J connectivity index is 1.36. The molecule has 4 N–H and O–H groups in total. The Morgan fingerprint density at radius 1 is 0.958 bits per heavy atom. The van der Waals surface area contributed by atoms with Crippen LogP contribution in [0, 0.1) is 5.92 Å². The second kappa shape index (κ2) is 16.5. The van der Waals surface area contributed by atoms with Crippen molar-refractivity contribution in [3.63, 3.8) is 0 Å². The number of aliphatic hydroxyl groups is 2. The van der Waals surface area contributed by atoms with Crippen LogP contribution in [-0.4, -0.2) is 59.2 Å². The summed E-state index contributed by atoms with van der Waals surface area (Å²) in [5.41, 5.74) is 6.20. The predicted octanol–water partition coefficient (Wildman–Crippen LogP) is 6.42. The van der Waals surface area contributed by atoms with E-state index in [1.54, 1.807) is 24.3 Å².